The van der Waals surface area contributed by atoms with Crippen molar-refractivity contribution in [3.05, 3.63) is 11.4 Å². The van der Waals surface area contributed by atoms with Crippen molar-refractivity contribution in [2.24, 2.45) is 0 Å². The Kier molecular flexibility index (Phi) is 7.26. The summed E-state index contributed by atoms with van der Waals surface area (Å²) in [6.07, 6.45) is 0. The molecule has 0 saturated carbocycles. The number of H-pyrrole nitrogens is 1. The molecule has 0 aliphatic rings. The molecule has 9 heteroatoms. The summed E-state index contributed by atoms with van der Waals surface area (Å²) >= 11 is 0. The highest BCUT2D eigenvalue weighted by Gasteiger charge is 2.23. The molecule has 0 saturated heterocycles. The van der Waals surface area contributed by atoms with Gasteiger partial charge in [0, 0.05) is 19.6 Å². The van der Waals surface area contributed by atoms with Crippen LogP contribution in [0.4, 0.5) is 0 Å². The first kappa shape index (κ1) is 18.1. The van der Waals surface area contributed by atoms with Gasteiger partial charge in [-0.25, -0.2) is 13.1 Å². The van der Waals surface area contributed by atoms with Crippen molar-refractivity contribution in [3.63, 3.8) is 0 Å². The zero-order valence-corrected chi connectivity index (χ0v) is 13.9. The first-order valence-electron chi connectivity index (χ1n) is 6.79. The van der Waals surface area contributed by atoms with Gasteiger partial charge in [0.05, 0.1) is 24.6 Å². The highest BCUT2D eigenvalue weighted by molar-refractivity contribution is 7.89. The van der Waals surface area contributed by atoms with Gasteiger partial charge >= 0.3 is 0 Å². The number of aryl methyl sites for hydroxylation is 1. The number of nitrogens with zero attached hydrogens (tertiary/aromatic N) is 2. The van der Waals surface area contributed by atoms with E-state index >= 15 is 0 Å². The molecule has 1 aromatic rings. The Bertz CT molecular complexity index is 527. The zero-order chi connectivity index (χ0) is 15.9. The van der Waals surface area contributed by atoms with Gasteiger partial charge in [0.1, 0.15) is 4.90 Å². The van der Waals surface area contributed by atoms with Crippen LogP contribution >= 0.6 is 0 Å². The van der Waals surface area contributed by atoms with Crippen molar-refractivity contribution in [3.8, 4) is 0 Å². The van der Waals surface area contributed by atoms with Gasteiger partial charge in [0.25, 0.3) is 0 Å². The number of hydrogen-bond donors (Lipinski definition) is 3. The third kappa shape index (κ3) is 5.71. The average molecular weight is 319 g/mol. The summed E-state index contributed by atoms with van der Waals surface area (Å²) < 4.78 is 32.5. The Morgan fingerprint density at radius 1 is 1.33 bits per heavy atom. The molecule has 1 aromatic heterocycles. The predicted molar refractivity (Wildman–Crippen MR) is 80.6 cm³/mol. The number of rotatable bonds is 10. The molecule has 0 aliphatic heterocycles. The lowest BCUT2D eigenvalue weighted by Gasteiger charge is -2.11. The average Bonchev–Trinajstić information content (AvgIpc) is 2.75. The summed E-state index contributed by atoms with van der Waals surface area (Å²) in [5.74, 6) is 0. The second-order valence-electron chi connectivity index (χ2n) is 4.97. The third-order valence-corrected chi connectivity index (χ3v) is 4.46. The monoisotopic (exact) mass is 319 g/mol. The van der Waals surface area contributed by atoms with E-state index in [0.29, 0.717) is 31.1 Å². The van der Waals surface area contributed by atoms with Crippen LogP contribution in [-0.4, -0.2) is 71.0 Å². The topological polar surface area (TPSA) is 99.3 Å². The van der Waals surface area contributed by atoms with E-state index in [1.165, 1.54) is 0 Å². The number of aromatic nitrogens is 2. The van der Waals surface area contributed by atoms with Gasteiger partial charge in [-0.1, -0.05) is 0 Å². The van der Waals surface area contributed by atoms with Crippen LogP contribution in [0.15, 0.2) is 4.90 Å². The first-order valence-corrected chi connectivity index (χ1v) is 8.27. The van der Waals surface area contributed by atoms with E-state index in [-0.39, 0.29) is 11.4 Å². The third-order valence-electron chi connectivity index (χ3n) is 2.80. The van der Waals surface area contributed by atoms with E-state index in [1.54, 1.807) is 14.0 Å². The molecule has 0 unspecified atom stereocenters. The molecule has 1 rings (SSSR count). The van der Waals surface area contributed by atoms with Crippen LogP contribution < -0.4 is 10.0 Å². The molecule has 0 radical (unpaired) electrons. The minimum Gasteiger partial charge on any atom is -0.379 e. The molecule has 0 aliphatic carbocycles. The summed E-state index contributed by atoms with van der Waals surface area (Å²) in [6, 6.07) is 0. The van der Waals surface area contributed by atoms with Gasteiger partial charge in [-0.05, 0) is 28.1 Å². The van der Waals surface area contributed by atoms with Crippen molar-refractivity contribution in [2.75, 3.05) is 47.4 Å². The fourth-order valence-corrected chi connectivity index (χ4v) is 3.16. The number of aromatic amines is 1. The molecule has 0 bridgehead atoms. The van der Waals surface area contributed by atoms with Crippen molar-refractivity contribution in [1.29, 1.82) is 0 Å². The van der Waals surface area contributed by atoms with Crippen LogP contribution in [0.1, 0.15) is 11.4 Å². The normalized spacial score (nSPS) is 12.2. The number of nitrogens with one attached hydrogen (secondary N) is 3. The second kappa shape index (κ2) is 8.44. The molecule has 0 atom stereocenters. The molecular weight excluding hydrogens is 294 g/mol. The highest BCUT2D eigenvalue weighted by Crippen LogP contribution is 2.16. The fraction of sp³-hybridized carbons (Fsp3) is 0.750. The molecule has 0 spiro atoms. The van der Waals surface area contributed by atoms with E-state index in [4.69, 9.17) is 4.74 Å². The number of hydrogen-bond acceptors (Lipinski definition) is 6. The van der Waals surface area contributed by atoms with Crippen LogP contribution in [0.3, 0.4) is 0 Å². The van der Waals surface area contributed by atoms with Gasteiger partial charge < -0.3 is 15.0 Å². The fourth-order valence-electron chi connectivity index (χ4n) is 1.78. The number of likely N-dealkylation sites (N-methyl/N-ethyl adjacent to an activating group) is 1. The van der Waals surface area contributed by atoms with Crippen molar-refractivity contribution in [2.45, 2.75) is 18.4 Å². The smallest absolute Gasteiger partial charge is 0.244 e. The van der Waals surface area contributed by atoms with Gasteiger partial charge in [-0.15, -0.1) is 0 Å². The number of ether oxygens (including phenoxy) is 1. The maximum atomic E-state index is 12.3. The molecule has 1 heterocycles. The van der Waals surface area contributed by atoms with E-state index in [0.717, 1.165) is 6.54 Å². The minimum atomic E-state index is -3.58. The van der Waals surface area contributed by atoms with Crippen molar-refractivity contribution < 1.29 is 13.2 Å². The number of sulfonamides is 1. The zero-order valence-electron chi connectivity index (χ0n) is 13.1. The van der Waals surface area contributed by atoms with E-state index in [1.807, 2.05) is 19.0 Å². The molecule has 0 amide bonds. The van der Waals surface area contributed by atoms with Gasteiger partial charge in [0.15, 0.2) is 0 Å². The Morgan fingerprint density at radius 3 is 2.67 bits per heavy atom. The molecule has 122 valence electrons. The molecule has 21 heavy (non-hydrogen) atoms. The maximum absolute atomic E-state index is 12.3. The maximum Gasteiger partial charge on any atom is 0.244 e. The van der Waals surface area contributed by atoms with E-state index < -0.39 is 10.0 Å². The van der Waals surface area contributed by atoms with Crippen LogP contribution in [0.25, 0.3) is 0 Å². The SMILES string of the molecule is CNCc1n[nH]c(C)c1S(=O)(=O)NCCOCCN(C)C. The minimum absolute atomic E-state index is 0.213. The quantitative estimate of drug-likeness (QED) is 0.493. The van der Waals surface area contributed by atoms with Crippen LogP contribution in [-0.2, 0) is 21.3 Å². The lowest BCUT2D eigenvalue weighted by Crippen LogP contribution is -2.29. The molecule has 0 aromatic carbocycles. The largest absolute Gasteiger partial charge is 0.379 e. The highest BCUT2D eigenvalue weighted by atomic mass is 32.2. The molecule has 8 nitrogen and oxygen atoms in total. The van der Waals surface area contributed by atoms with E-state index in [2.05, 4.69) is 20.2 Å². The van der Waals surface area contributed by atoms with Crippen LogP contribution in [0.2, 0.25) is 0 Å². The summed E-state index contributed by atoms with van der Waals surface area (Å²) in [6.45, 7) is 4.03. The first-order chi connectivity index (χ1) is 9.88. The lowest BCUT2D eigenvalue weighted by molar-refractivity contribution is 0.122. The summed E-state index contributed by atoms with van der Waals surface area (Å²) in [7, 11) is 2.08. The predicted octanol–water partition coefficient (Wildman–Crippen LogP) is -0.706. The van der Waals surface area contributed by atoms with Gasteiger partial charge in [-0.3, -0.25) is 5.10 Å². The Labute approximate surface area is 126 Å². The molecule has 0 fully saturated rings. The summed E-state index contributed by atoms with van der Waals surface area (Å²) in [4.78, 5) is 2.22. The summed E-state index contributed by atoms with van der Waals surface area (Å²) in [5, 5.41) is 9.61. The summed E-state index contributed by atoms with van der Waals surface area (Å²) in [5.41, 5.74) is 1.01. The van der Waals surface area contributed by atoms with Crippen molar-refractivity contribution >= 4 is 10.0 Å². The van der Waals surface area contributed by atoms with E-state index in [9.17, 15) is 8.42 Å². The Hall–Kier alpha value is -1.00. The standard InChI is InChI=1S/C12H25N5O3S/c1-10-12(11(9-13-2)16-15-10)21(18,19)14-5-7-20-8-6-17(3)4/h13-14H,5-9H2,1-4H3,(H,15,16). The van der Waals surface area contributed by atoms with Crippen LogP contribution in [0, 0.1) is 6.92 Å². The van der Waals surface area contributed by atoms with Crippen molar-refractivity contribution in [1.82, 2.24) is 25.1 Å². The Morgan fingerprint density at radius 2 is 2.05 bits per heavy atom. The second-order valence-corrected chi connectivity index (χ2v) is 6.67. The molecular formula is C12H25N5O3S. The van der Waals surface area contributed by atoms with Gasteiger partial charge in [0.2, 0.25) is 10.0 Å². The Balaban J connectivity index is 2.52. The van der Waals surface area contributed by atoms with Gasteiger partial charge in [-0.2, -0.15) is 5.10 Å². The lowest BCUT2D eigenvalue weighted by atomic mass is 10.4. The molecule has 3 N–H and O–H groups in total. The van der Waals surface area contributed by atoms with Crippen LogP contribution in [0.5, 0.6) is 0 Å².